The van der Waals surface area contributed by atoms with E-state index in [1.807, 2.05) is 36.4 Å². The minimum Gasteiger partial charge on any atom is -0.492 e. The van der Waals surface area contributed by atoms with Gasteiger partial charge in [0.1, 0.15) is 18.1 Å². The zero-order valence-corrected chi connectivity index (χ0v) is 11.9. The number of hydrogen-bond donors (Lipinski definition) is 1. The lowest BCUT2D eigenvalue weighted by atomic mass is 9.96. The van der Waals surface area contributed by atoms with Gasteiger partial charge in [-0.3, -0.25) is 4.79 Å². The van der Waals surface area contributed by atoms with Gasteiger partial charge >= 0.3 is 0 Å². The molecular formula is C17H19NO3. The van der Waals surface area contributed by atoms with Crippen LogP contribution in [-0.4, -0.2) is 19.1 Å². The van der Waals surface area contributed by atoms with Gasteiger partial charge in [-0.25, -0.2) is 0 Å². The number of fused-ring (bicyclic) bond motifs is 1. The molecule has 4 nitrogen and oxygen atoms in total. The first-order valence-electron chi connectivity index (χ1n) is 7.34. The minimum atomic E-state index is -0.0940. The Labute approximate surface area is 124 Å². The fraction of sp³-hybridized carbons (Fsp3) is 0.353. The average molecular weight is 285 g/mol. The summed E-state index contributed by atoms with van der Waals surface area (Å²) in [6, 6.07) is 11.7. The Morgan fingerprint density at radius 1 is 1.24 bits per heavy atom. The van der Waals surface area contributed by atoms with Crippen LogP contribution in [0.25, 0.3) is 0 Å². The zero-order valence-electron chi connectivity index (χ0n) is 11.9. The van der Waals surface area contributed by atoms with Crippen LogP contribution in [0.15, 0.2) is 47.1 Å². The number of carbonyl (C=O) groups is 1. The van der Waals surface area contributed by atoms with Crippen LogP contribution in [0.5, 0.6) is 5.75 Å². The van der Waals surface area contributed by atoms with Crippen LogP contribution in [0.2, 0.25) is 0 Å². The van der Waals surface area contributed by atoms with E-state index in [1.165, 1.54) is 0 Å². The maximum Gasteiger partial charge on any atom is 0.226 e. The molecular weight excluding hydrogens is 266 g/mol. The van der Waals surface area contributed by atoms with Gasteiger partial charge in [0.15, 0.2) is 0 Å². The third-order valence-corrected chi connectivity index (χ3v) is 3.73. The highest BCUT2D eigenvalue weighted by molar-refractivity contribution is 5.79. The molecule has 21 heavy (non-hydrogen) atoms. The molecule has 1 aromatic carbocycles. The van der Waals surface area contributed by atoms with Crippen LogP contribution < -0.4 is 10.1 Å². The highest BCUT2D eigenvalue weighted by atomic mass is 16.5. The molecule has 1 unspecified atom stereocenters. The van der Waals surface area contributed by atoms with Crippen molar-refractivity contribution in [2.45, 2.75) is 19.3 Å². The fourth-order valence-electron chi connectivity index (χ4n) is 2.57. The van der Waals surface area contributed by atoms with Crippen molar-refractivity contribution in [3.8, 4) is 5.75 Å². The SMILES string of the molecule is O=C(NCCCc1ccco1)C1COc2ccccc2C1. The first-order chi connectivity index (χ1) is 10.3. The molecule has 1 aromatic heterocycles. The van der Waals surface area contributed by atoms with Gasteiger partial charge in [-0.2, -0.15) is 0 Å². The second-order valence-electron chi connectivity index (χ2n) is 5.29. The highest BCUT2D eigenvalue weighted by Gasteiger charge is 2.25. The topological polar surface area (TPSA) is 51.5 Å². The normalized spacial score (nSPS) is 16.9. The number of furan rings is 1. The molecule has 1 aliphatic heterocycles. The predicted octanol–water partition coefficient (Wildman–Crippen LogP) is 2.58. The lowest BCUT2D eigenvalue weighted by molar-refractivity contribution is -0.126. The molecule has 0 radical (unpaired) electrons. The standard InChI is InChI=1S/C17H19NO3/c19-17(18-9-3-6-15-7-4-10-20-15)14-11-13-5-1-2-8-16(13)21-12-14/h1-2,4-5,7-8,10,14H,3,6,9,11-12H2,(H,18,19). The number of nitrogens with one attached hydrogen (secondary N) is 1. The summed E-state index contributed by atoms with van der Waals surface area (Å²) < 4.78 is 10.9. The van der Waals surface area contributed by atoms with E-state index in [9.17, 15) is 4.79 Å². The maximum atomic E-state index is 12.2. The number of carbonyl (C=O) groups excluding carboxylic acids is 1. The molecule has 0 saturated heterocycles. The molecule has 0 saturated carbocycles. The Bertz CT molecular complexity index is 592. The van der Waals surface area contributed by atoms with Gasteiger partial charge in [0.05, 0.1) is 12.2 Å². The first kappa shape index (κ1) is 13.7. The average Bonchev–Trinajstić information content (AvgIpc) is 3.04. The van der Waals surface area contributed by atoms with E-state index in [0.717, 1.165) is 36.3 Å². The summed E-state index contributed by atoms with van der Waals surface area (Å²) in [5.74, 6) is 1.84. The van der Waals surface area contributed by atoms with Crippen LogP contribution in [0.4, 0.5) is 0 Å². The summed E-state index contributed by atoms with van der Waals surface area (Å²) >= 11 is 0. The zero-order chi connectivity index (χ0) is 14.5. The van der Waals surface area contributed by atoms with Crippen LogP contribution in [0, 0.1) is 5.92 Å². The number of aryl methyl sites for hydroxylation is 1. The number of para-hydroxylation sites is 1. The van der Waals surface area contributed by atoms with E-state index < -0.39 is 0 Å². The summed E-state index contributed by atoms with van der Waals surface area (Å²) in [7, 11) is 0. The molecule has 0 aliphatic carbocycles. The first-order valence-corrected chi connectivity index (χ1v) is 7.34. The number of benzene rings is 1. The summed E-state index contributed by atoms with van der Waals surface area (Å²) in [5.41, 5.74) is 1.11. The monoisotopic (exact) mass is 285 g/mol. The van der Waals surface area contributed by atoms with Crippen molar-refractivity contribution in [3.05, 3.63) is 54.0 Å². The molecule has 0 spiro atoms. The van der Waals surface area contributed by atoms with E-state index in [0.29, 0.717) is 13.2 Å². The van der Waals surface area contributed by atoms with Crippen LogP contribution in [-0.2, 0) is 17.6 Å². The van der Waals surface area contributed by atoms with Gasteiger partial charge in [-0.05, 0) is 36.6 Å². The summed E-state index contributed by atoms with van der Waals surface area (Å²) in [6.45, 7) is 1.12. The van der Waals surface area contributed by atoms with Crippen molar-refractivity contribution in [2.75, 3.05) is 13.2 Å². The lowest BCUT2D eigenvalue weighted by Gasteiger charge is -2.24. The van der Waals surface area contributed by atoms with E-state index in [4.69, 9.17) is 9.15 Å². The Kier molecular flexibility index (Phi) is 4.24. The number of ether oxygens (including phenoxy) is 1. The van der Waals surface area contributed by atoms with E-state index >= 15 is 0 Å². The smallest absolute Gasteiger partial charge is 0.226 e. The van der Waals surface area contributed by atoms with E-state index in [1.54, 1.807) is 6.26 Å². The van der Waals surface area contributed by atoms with Gasteiger partial charge in [0.2, 0.25) is 5.91 Å². The maximum absolute atomic E-state index is 12.2. The molecule has 4 heteroatoms. The van der Waals surface area contributed by atoms with E-state index in [-0.39, 0.29) is 11.8 Å². The Balaban J connectivity index is 1.44. The summed E-state index contributed by atoms with van der Waals surface area (Å²) in [4.78, 5) is 12.2. The molecule has 0 bridgehead atoms. The Hall–Kier alpha value is -2.23. The predicted molar refractivity (Wildman–Crippen MR) is 79.2 cm³/mol. The highest BCUT2D eigenvalue weighted by Crippen LogP contribution is 2.26. The molecule has 3 rings (SSSR count). The van der Waals surface area contributed by atoms with Crippen molar-refractivity contribution < 1.29 is 13.9 Å². The minimum absolute atomic E-state index is 0.0731. The number of rotatable bonds is 5. The third-order valence-electron chi connectivity index (χ3n) is 3.73. The van der Waals surface area contributed by atoms with E-state index in [2.05, 4.69) is 5.32 Å². The Morgan fingerprint density at radius 3 is 3.00 bits per heavy atom. The van der Waals surface area contributed by atoms with Crippen molar-refractivity contribution in [3.63, 3.8) is 0 Å². The quantitative estimate of drug-likeness (QED) is 0.859. The van der Waals surface area contributed by atoms with Gasteiger partial charge in [-0.15, -0.1) is 0 Å². The van der Waals surface area contributed by atoms with Crippen LogP contribution >= 0.6 is 0 Å². The van der Waals surface area contributed by atoms with Gasteiger partial charge in [0.25, 0.3) is 0 Å². The van der Waals surface area contributed by atoms with Gasteiger partial charge < -0.3 is 14.5 Å². The van der Waals surface area contributed by atoms with Gasteiger partial charge in [0, 0.05) is 13.0 Å². The van der Waals surface area contributed by atoms with Crippen molar-refractivity contribution in [1.82, 2.24) is 5.32 Å². The molecule has 1 amide bonds. The number of hydrogen-bond acceptors (Lipinski definition) is 3. The molecule has 2 heterocycles. The lowest BCUT2D eigenvalue weighted by Crippen LogP contribution is -2.37. The number of amides is 1. The summed E-state index contributed by atoms with van der Waals surface area (Å²) in [5, 5.41) is 2.99. The van der Waals surface area contributed by atoms with Crippen molar-refractivity contribution in [1.29, 1.82) is 0 Å². The fourth-order valence-corrected chi connectivity index (χ4v) is 2.57. The largest absolute Gasteiger partial charge is 0.492 e. The van der Waals surface area contributed by atoms with Gasteiger partial charge in [-0.1, -0.05) is 18.2 Å². The van der Waals surface area contributed by atoms with Crippen molar-refractivity contribution in [2.24, 2.45) is 5.92 Å². The summed E-state index contributed by atoms with van der Waals surface area (Å²) in [6.07, 6.45) is 4.14. The molecule has 1 atom stereocenters. The van der Waals surface area contributed by atoms with Crippen LogP contribution in [0.1, 0.15) is 17.7 Å². The molecule has 1 N–H and O–H groups in total. The second-order valence-corrected chi connectivity index (χ2v) is 5.29. The molecule has 2 aromatic rings. The third kappa shape index (κ3) is 3.45. The molecule has 110 valence electrons. The second kappa shape index (κ2) is 6.48. The van der Waals surface area contributed by atoms with Crippen molar-refractivity contribution >= 4 is 5.91 Å². The molecule has 1 aliphatic rings. The molecule has 0 fully saturated rings. The Morgan fingerprint density at radius 2 is 2.14 bits per heavy atom. The van der Waals surface area contributed by atoms with Crippen LogP contribution in [0.3, 0.4) is 0 Å².